The molecular weight excluding hydrogens is 239 g/mol. The molecular formula is C9H12F3N3O2. The van der Waals surface area contributed by atoms with Gasteiger partial charge in [0.1, 0.15) is 12.5 Å². The average Bonchev–Trinajstić information content (AvgIpc) is 2.82. The van der Waals surface area contributed by atoms with Crippen LogP contribution in [0, 0.1) is 0 Å². The topological polar surface area (TPSA) is 74.2 Å². The van der Waals surface area contributed by atoms with Gasteiger partial charge in [0, 0.05) is 6.54 Å². The highest BCUT2D eigenvalue weighted by Gasteiger charge is 2.33. The molecule has 1 fully saturated rings. The fourth-order valence-electron chi connectivity index (χ4n) is 1.71. The molecule has 5 nitrogen and oxygen atoms in total. The van der Waals surface area contributed by atoms with Gasteiger partial charge in [-0.2, -0.15) is 18.2 Å². The molecule has 0 aromatic carbocycles. The molecule has 0 spiro atoms. The molecule has 1 aliphatic heterocycles. The van der Waals surface area contributed by atoms with E-state index in [1.165, 1.54) is 0 Å². The largest absolute Gasteiger partial charge is 0.396 e. The fourth-order valence-corrected chi connectivity index (χ4v) is 1.71. The number of nitrogens with zero attached hydrogens (tertiary/aromatic N) is 2. The lowest BCUT2D eigenvalue weighted by Crippen LogP contribution is -2.18. The lowest BCUT2D eigenvalue weighted by atomic mass is 10.2. The van der Waals surface area contributed by atoms with Crippen LogP contribution in [0.3, 0.4) is 0 Å². The van der Waals surface area contributed by atoms with Gasteiger partial charge in [-0.1, -0.05) is 5.16 Å². The van der Waals surface area contributed by atoms with Crippen molar-refractivity contribution < 1.29 is 22.4 Å². The van der Waals surface area contributed by atoms with Crippen LogP contribution in [-0.2, 0) is 11.2 Å². The zero-order valence-corrected chi connectivity index (χ0v) is 8.91. The number of hydrogen-bond donors (Lipinski definition) is 1. The minimum atomic E-state index is -4.34. The molecule has 0 radical (unpaired) electrons. The molecule has 0 bridgehead atoms. The van der Waals surface area contributed by atoms with Crippen molar-refractivity contribution in [3.8, 4) is 0 Å². The summed E-state index contributed by atoms with van der Waals surface area (Å²) in [7, 11) is 0. The summed E-state index contributed by atoms with van der Waals surface area (Å²) < 4.78 is 46.4. The highest BCUT2D eigenvalue weighted by atomic mass is 19.4. The van der Waals surface area contributed by atoms with Crippen LogP contribution in [0.5, 0.6) is 0 Å². The van der Waals surface area contributed by atoms with E-state index < -0.39 is 18.7 Å². The molecule has 1 aromatic heterocycles. The molecule has 2 N–H and O–H groups in total. The zero-order valence-electron chi connectivity index (χ0n) is 8.91. The summed E-state index contributed by atoms with van der Waals surface area (Å²) in [6, 6.07) is 0. The Morgan fingerprint density at radius 3 is 2.71 bits per heavy atom. The van der Waals surface area contributed by atoms with E-state index in [4.69, 9.17) is 15.0 Å². The van der Waals surface area contributed by atoms with Gasteiger partial charge in [0.05, 0.1) is 6.10 Å². The van der Waals surface area contributed by atoms with Crippen molar-refractivity contribution >= 4 is 0 Å². The number of halogens is 3. The Hall–Kier alpha value is -1.15. The summed E-state index contributed by atoms with van der Waals surface area (Å²) >= 11 is 0. The van der Waals surface area contributed by atoms with Crippen LogP contribution < -0.4 is 5.73 Å². The standard InChI is InChI=1S/C9H12F3N3O2/c10-9(11,12)3-7-14-8(17-15-7)6-2-1-5(4-13)16-6/h5-6H,1-4,13H2. The minimum Gasteiger partial charge on any atom is -0.364 e. The van der Waals surface area contributed by atoms with Gasteiger partial charge < -0.3 is 15.0 Å². The Bertz CT molecular complexity index is 380. The van der Waals surface area contributed by atoms with Gasteiger partial charge in [-0.15, -0.1) is 0 Å². The molecule has 1 aromatic rings. The number of rotatable bonds is 3. The quantitative estimate of drug-likeness (QED) is 0.877. The van der Waals surface area contributed by atoms with E-state index in [-0.39, 0.29) is 17.8 Å². The van der Waals surface area contributed by atoms with E-state index in [1.807, 2.05) is 0 Å². The molecule has 0 aliphatic carbocycles. The van der Waals surface area contributed by atoms with Crippen LogP contribution in [0.4, 0.5) is 13.2 Å². The van der Waals surface area contributed by atoms with Crippen LogP contribution >= 0.6 is 0 Å². The molecule has 96 valence electrons. The van der Waals surface area contributed by atoms with Crippen LogP contribution in [0.2, 0.25) is 0 Å². The number of alkyl halides is 3. The summed E-state index contributed by atoms with van der Waals surface area (Å²) in [6.07, 6.45) is -4.66. The van der Waals surface area contributed by atoms with Crippen LogP contribution in [-0.4, -0.2) is 29.0 Å². The Kier molecular flexibility index (Phi) is 3.34. The number of hydrogen-bond acceptors (Lipinski definition) is 5. The second-order valence-electron chi connectivity index (χ2n) is 3.90. The molecule has 2 rings (SSSR count). The van der Waals surface area contributed by atoms with E-state index in [0.29, 0.717) is 13.0 Å². The molecule has 0 amide bonds. The second-order valence-corrected chi connectivity index (χ2v) is 3.90. The summed E-state index contributed by atoms with van der Waals surface area (Å²) in [5.74, 6) is -0.271. The smallest absolute Gasteiger partial charge is 0.364 e. The Morgan fingerprint density at radius 2 is 2.12 bits per heavy atom. The van der Waals surface area contributed by atoms with Crippen molar-refractivity contribution in [2.45, 2.75) is 37.6 Å². The Morgan fingerprint density at radius 1 is 1.35 bits per heavy atom. The SMILES string of the molecule is NCC1CCC(c2nc(CC(F)(F)F)no2)O1. The van der Waals surface area contributed by atoms with Crippen molar-refractivity contribution in [2.24, 2.45) is 5.73 Å². The van der Waals surface area contributed by atoms with Gasteiger partial charge in [-0.05, 0) is 12.8 Å². The predicted molar refractivity (Wildman–Crippen MR) is 50.0 cm³/mol. The second kappa shape index (κ2) is 4.61. The van der Waals surface area contributed by atoms with Crippen molar-refractivity contribution in [2.75, 3.05) is 6.54 Å². The average molecular weight is 251 g/mol. The summed E-state index contributed by atoms with van der Waals surface area (Å²) in [5.41, 5.74) is 5.42. The maximum absolute atomic E-state index is 12.1. The van der Waals surface area contributed by atoms with Crippen molar-refractivity contribution in [1.82, 2.24) is 10.1 Å². The molecule has 0 saturated carbocycles. The first kappa shape index (κ1) is 12.3. The Balaban J connectivity index is 1.99. The van der Waals surface area contributed by atoms with Gasteiger partial charge in [-0.3, -0.25) is 0 Å². The normalized spacial score (nSPS) is 25.4. The van der Waals surface area contributed by atoms with Crippen molar-refractivity contribution in [1.29, 1.82) is 0 Å². The maximum atomic E-state index is 12.1. The first-order valence-corrected chi connectivity index (χ1v) is 5.22. The maximum Gasteiger partial charge on any atom is 0.396 e. The van der Waals surface area contributed by atoms with E-state index >= 15 is 0 Å². The molecule has 2 unspecified atom stereocenters. The lowest BCUT2D eigenvalue weighted by molar-refractivity contribution is -0.128. The van der Waals surface area contributed by atoms with Gasteiger partial charge in [0.2, 0.25) is 0 Å². The van der Waals surface area contributed by atoms with Gasteiger partial charge in [-0.25, -0.2) is 0 Å². The predicted octanol–water partition coefficient (Wildman–Crippen LogP) is 1.35. The monoisotopic (exact) mass is 251 g/mol. The molecule has 1 saturated heterocycles. The third-order valence-corrected chi connectivity index (χ3v) is 2.49. The van der Waals surface area contributed by atoms with Gasteiger partial charge in [0.25, 0.3) is 5.89 Å². The van der Waals surface area contributed by atoms with Gasteiger partial charge in [0.15, 0.2) is 5.82 Å². The number of ether oxygens (including phenoxy) is 1. The first-order chi connectivity index (χ1) is 7.98. The van der Waals surface area contributed by atoms with Crippen LogP contribution in [0.1, 0.15) is 30.7 Å². The zero-order chi connectivity index (χ0) is 12.5. The van der Waals surface area contributed by atoms with Gasteiger partial charge >= 0.3 is 6.18 Å². The molecule has 1 aliphatic rings. The Labute approximate surface area is 95.1 Å². The minimum absolute atomic E-state index is 0.0852. The third-order valence-electron chi connectivity index (χ3n) is 2.49. The van der Waals surface area contributed by atoms with Crippen LogP contribution in [0.15, 0.2) is 4.52 Å². The molecule has 17 heavy (non-hydrogen) atoms. The summed E-state index contributed by atoms with van der Waals surface area (Å²) in [4.78, 5) is 3.68. The highest BCUT2D eigenvalue weighted by Crippen LogP contribution is 2.31. The number of nitrogens with two attached hydrogens (primary N) is 1. The van der Waals surface area contributed by atoms with Crippen molar-refractivity contribution in [3.63, 3.8) is 0 Å². The van der Waals surface area contributed by atoms with Crippen molar-refractivity contribution in [3.05, 3.63) is 11.7 Å². The number of aromatic nitrogens is 2. The van der Waals surface area contributed by atoms with Crippen LogP contribution in [0.25, 0.3) is 0 Å². The summed E-state index contributed by atoms with van der Waals surface area (Å²) in [5, 5.41) is 3.28. The third kappa shape index (κ3) is 3.16. The summed E-state index contributed by atoms with van der Waals surface area (Å²) in [6.45, 7) is 0.375. The molecule has 2 atom stereocenters. The lowest BCUT2D eigenvalue weighted by Gasteiger charge is -2.07. The van der Waals surface area contributed by atoms with E-state index in [1.54, 1.807) is 0 Å². The van der Waals surface area contributed by atoms with E-state index in [0.717, 1.165) is 6.42 Å². The van der Waals surface area contributed by atoms with E-state index in [9.17, 15) is 13.2 Å². The molecule has 2 heterocycles. The fraction of sp³-hybridized carbons (Fsp3) is 0.778. The van der Waals surface area contributed by atoms with E-state index in [2.05, 4.69) is 10.1 Å². The molecule has 8 heteroatoms. The highest BCUT2D eigenvalue weighted by molar-refractivity contribution is 4.94. The first-order valence-electron chi connectivity index (χ1n) is 5.22.